The lowest BCUT2D eigenvalue weighted by atomic mass is 10.3. The SMILES string of the molecule is C=C(C)CCOc1nc(NC)ncc1F. The van der Waals surface area contributed by atoms with E-state index in [0.717, 1.165) is 11.8 Å². The summed E-state index contributed by atoms with van der Waals surface area (Å²) in [6.45, 7) is 5.98. The molecule has 0 atom stereocenters. The van der Waals surface area contributed by atoms with Crippen LogP contribution < -0.4 is 10.1 Å². The Morgan fingerprint density at radius 3 is 3.00 bits per heavy atom. The Morgan fingerprint density at radius 2 is 2.40 bits per heavy atom. The van der Waals surface area contributed by atoms with Gasteiger partial charge in [-0.05, 0) is 6.92 Å². The molecule has 0 amide bonds. The van der Waals surface area contributed by atoms with E-state index >= 15 is 0 Å². The maximum atomic E-state index is 13.1. The molecule has 1 aromatic heterocycles. The van der Waals surface area contributed by atoms with Crippen molar-refractivity contribution in [3.63, 3.8) is 0 Å². The molecule has 5 heteroatoms. The second-order valence-corrected chi connectivity index (χ2v) is 3.15. The topological polar surface area (TPSA) is 47.0 Å². The molecule has 0 radical (unpaired) electrons. The van der Waals surface area contributed by atoms with Gasteiger partial charge in [0, 0.05) is 13.5 Å². The molecule has 0 aliphatic heterocycles. The number of rotatable bonds is 5. The van der Waals surface area contributed by atoms with Gasteiger partial charge in [-0.1, -0.05) is 5.57 Å². The van der Waals surface area contributed by atoms with Gasteiger partial charge in [-0.25, -0.2) is 4.98 Å². The molecule has 0 unspecified atom stereocenters. The highest BCUT2D eigenvalue weighted by molar-refractivity contribution is 5.27. The highest BCUT2D eigenvalue weighted by Gasteiger charge is 2.06. The van der Waals surface area contributed by atoms with Crippen LogP contribution in [0.3, 0.4) is 0 Å². The van der Waals surface area contributed by atoms with Crippen molar-refractivity contribution in [2.75, 3.05) is 19.0 Å². The lowest BCUT2D eigenvalue weighted by Crippen LogP contribution is -2.04. The first-order valence-corrected chi connectivity index (χ1v) is 4.61. The van der Waals surface area contributed by atoms with Crippen molar-refractivity contribution in [2.24, 2.45) is 0 Å². The maximum absolute atomic E-state index is 13.1. The van der Waals surface area contributed by atoms with E-state index in [0.29, 0.717) is 19.0 Å². The summed E-state index contributed by atoms with van der Waals surface area (Å²) in [7, 11) is 1.66. The van der Waals surface area contributed by atoms with Gasteiger partial charge in [0.2, 0.25) is 11.8 Å². The van der Waals surface area contributed by atoms with Crippen molar-refractivity contribution >= 4 is 5.95 Å². The third-order valence-electron chi connectivity index (χ3n) is 1.70. The third kappa shape index (κ3) is 3.53. The number of ether oxygens (including phenoxy) is 1. The Balaban J connectivity index is 2.62. The van der Waals surface area contributed by atoms with Crippen molar-refractivity contribution < 1.29 is 9.13 Å². The van der Waals surface area contributed by atoms with Crippen molar-refractivity contribution in [1.29, 1.82) is 0 Å². The van der Waals surface area contributed by atoms with Gasteiger partial charge in [-0.2, -0.15) is 9.37 Å². The lowest BCUT2D eigenvalue weighted by Gasteiger charge is -2.06. The largest absolute Gasteiger partial charge is 0.475 e. The summed E-state index contributed by atoms with van der Waals surface area (Å²) in [5.74, 6) is -0.256. The summed E-state index contributed by atoms with van der Waals surface area (Å²) >= 11 is 0. The zero-order valence-corrected chi connectivity index (χ0v) is 8.88. The van der Waals surface area contributed by atoms with Crippen LogP contribution in [0.15, 0.2) is 18.3 Å². The smallest absolute Gasteiger partial charge is 0.255 e. The molecule has 1 rings (SSSR count). The van der Waals surface area contributed by atoms with Crippen molar-refractivity contribution in [1.82, 2.24) is 9.97 Å². The summed E-state index contributed by atoms with van der Waals surface area (Å²) in [5.41, 5.74) is 0.985. The molecule has 4 nitrogen and oxygen atoms in total. The standard InChI is InChI=1S/C10H14FN3O/c1-7(2)4-5-15-9-8(11)6-13-10(12-3)14-9/h6H,1,4-5H2,2-3H3,(H,12,13,14). The first-order chi connectivity index (χ1) is 7.13. The Morgan fingerprint density at radius 1 is 1.67 bits per heavy atom. The normalized spacial score (nSPS) is 9.80. The molecule has 0 aliphatic rings. The van der Waals surface area contributed by atoms with E-state index in [1.54, 1.807) is 7.05 Å². The van der Waals surface area contributed by atoms with Crippen LogP contribution in [-0.4, -0.2) is 23.6 Å². The number of nitrogens with one attached hydrogen (secondary N) is 1. The second kappa shape index (κ2) is 5.29. The molecular formula is C10H14FN3O. The summed E-state index contributed by atoms with van der Waals surface area (Å²) in [5, 5.41) is 2.71. The van der Waals surface area contributed by atoms with E-state index in [1.807, 2.05) is 6.92 Å². The first-order valence-electron chi connectivity index (χ1n) is 4.61. The predicted molar refractivity (Wildman–Crippen MR) is 56.5 cm³/mol. The van der Waals surface area contributed by atoms with Gasteiger partial charge in [0.25, 0.3) is 5.88 Å². The fourth-order valence-electron chi connectivity index (χ4n) is 0.895. The van der Waals surface area contributed by atoms with Crippen LogP contribution in [0.2, 0.25) is 0 Å². The number of hydrogen-bond acceptors (Lipinski definition) is 4. The summed E-state index contributed by atoms with van der Waals surface area (Å²) < 4.78 is 18.3. The van der Waals surface area contributed by atoms with Crippen LogP contribution >= 0.6 is 0 Å². The molecule has 82 valence electrons. The molecule has 0 saturated carbocycles. The maximum Gasteiger partial charge on any atom is 0.255 e. The zero-order valence-electron chi connectivity index (χ0n) is 8.88. The van der Waals surface area contributed by atoms with E-state index in [-0.39, 0.29) is 5.88 Å². The minimum absolute atomic E-state index is 0.0319. The molecule has 0 aliphatic carbocycles. The molecule has 1 heterocycles. The van der Waals surface area contributed by atoms with Crippen LogP contribution in [0.5, 0.6) is 5.88 Å². The van der Waals surface area contributed by atoms with Crippen LogP contribution in [0.4, 0.5) is 10.3 Å². The van der Waals surface area contributed by atoms with Gasteiger partial charge in [0.05, 0.1) is 12.8 Å². The Bertz CT molecular complexity index is 355. The Hall–Kier alpha value is -1.65. The second-order valence-electron chi connectivity index (χ2n) is 3.15. The van der Waals surface area contributed by atoms with Gasteiger partial charge in [0.15, 0.2) is 0 Å². The molecule has 1 N–H and O–H groups in total. The van der Waals surface area contributed by atoms with Crippen LogP contribution in [0.1, 0.15) is 13.3 Å². The average Bonchev–Trinajstić information content (AvgIpc) is 2.20. The molecular weight excluding hydrogens is 197 g/mol. The van der Waals surface area contributed by atoms with E-state index < -0.39 is 5.82 Å². The highest BCUT2D eigenvalue weighted by Crippen LogP contribution is 2.14. The average molecular weight is 211 g/mol. The number of hydrogen-bond donors (Lipinski definition) is 1. The molecule has 1 aromatic rings. The Kier molecular flexibility index (Phi) is 4.03. The molecule has 0 spiro atoms. The van der Waals surface area contributed by atoms with Crippen molar-refractivity contribution in [2.45, 2.75) is 13.3 Å². The minimum Gasteiger partial charge on any atom is -0.475 e. The minimum atomic E-state index is -0.560. The van der Waals surface area contributed by atoms with Gasteiger partial charge in [-0.15, -0.1) is 6.58 Å². The van der Waals surface area contributed by atoms with E-state index in [2.05, 4.69) is 21.9 Å². The number of nitrogens with zero attached hydrogens (tertiary/aromatic N) is 2. The van der Waals surface area contributed by atoms with Crippen LogP contribution in [0.25, 0.3) is 0 Å². The zero-order chi connectivity index (χ0) is 11.3. The molecule has 0 saturated heterocycles. The molecule has 0 fully saturated rings. The monoisotopic (exact) mass is 211 g/mol. The lowest BCUT2D eigenvalue weighted by molar-refractivity contribution is 0.291. The Labute approximate surface area is 88.2 Å². The van der Waals surface area contributed by atoms with Gasteiger partial charge in [-0.3, -0.25) is 0 Å². The van der Waals surface area contributed by atoms with Gasteiger partial charge >= 0.3 is 0 Å². The number of aromatic nitrogens is 2. The highest BCUT2D eigenvalue weighted by atomic mass is 19.1. The van der Waals surface area contributed by atoms with Crippen LogP contribution in [-0.2, 0) is 0 Å². The third-order valence-corrected chi connectivity index (χ3v) is 1.70. The van der Waals surface area contributed by atoms with Gasteiger partial charge in [0.1, 0.15) is 0 Å². The molecule has 15 heavy (non-hydrogen) atoms. The number of anilines is 1. The van der Waals surface area contributed by atoms with Crippen molar-refractivity contribution in [3.8, 4) is 5.88 Å². The summed E-state index contributed by atoms with van der Waals surface area (Å²) in [6.07, 6.45) is 1.76. The van der Waals surface area contributed by atoms with Crippen LogP contribution in [0, 0.1) is 5.82 Å². The summed E-state index contributed by atoms with van der Waals surface area (Å²) in [4.78, 5) is 7.54. The van der Waals surface area contributed by atoms with E-state index in [9.17, 15) is 4.39 Å². The number of halogens is 1. The molecule has 0 aromatic carbocycles. The first kappa shape index (κ1) is 11.4. The predicted octanol–water partition coefficient (Wildman–Crippen LogP) is 2.00. The molecule has 0 bridgehead atoms. The quantitative estimate of drug-likeness (QED) is 0.757. The van der Waals surface area contributed by atoms with E-state index in [4.69, 9.17) is 4.74 Å². The fraction of sp³-hybridized carbons (Fsp3) is 0.400. The van der Waals surface area contributed by atoms with Gasteiger partial charge < -0.3 is 10.1 Å². The fourth-order valence-corrected chi connectivity index (χ4v) is 0.895. The van der Waals surface area contributed by atoms with Crippen molar-refractivity contribution in [3.05, 3.63) is 24.2 Å². The summed E-state index contributed by atoms with van der Waals surface area (Å²) in [6, 6.07) is 0. The van der Waals surface area contributed by atoms with E-state index in [1.165, 1.54) is 0 Å².